The monoisotopic (exact) mass is 301 g/mol. The Balaban J connectivity index is 1.98. The van der Waals surface area contributed by atoms with Crippen molar-refractivity contribution in [3.8, 4) is 0 Å². The molecule has 1 atom stereocenters. The predicted molar refractivity (Wildman–Crippen MR) is 89.7 cm³/mol. The number of rotatable bonds is 4. The first-order valence-electron chi connectivity index (χ1n) is 7.14. The summed E-state index contributed by atoms with van der Waals surface area (Å²) in [5, 5.41) is 4.52. The van der Waals surface area contributed by atoms with Crippen LogP contribution in [0.1, 0.15) is 25.3 Å². The van der Waals surface area contributed by atoms with Gasteiger partial charge in [-0.05, 0) is 25.8 Å². The molecule has 0 amide bonds. The van der Waals surface area contributed by atoms with E-state index in [4.69, 9.17) is 22.7 Å². The van der Waals surface area contributed by atoms with Crippen LogP contribution in [0.2, 0.25) is 0 Å². The van der Waals surface area contributed by atoms with Crippen LogP contribution in [0.4, 0.5) is 5.69 Å². The summed E-state index contributed by atoms with van der Waals surface area (Å²) in [7, 11) is 0. The number of benzene rings is 1. The molecule has 0 radical (unpaired) electrons. The predicted octanol–water partition coefficient (Wildman–Crippen LogP) is 2.85. The number of pyridine rings is 1. The fourth-order valence-corrected chi connectivity index (χ4v) is 2.93. The van der Waals surface area contributed by atoms with Gasteiger partial charge in [0, 0.05) is 24.7 Å². The van der Waals surface area contributed by atoms with Crippen LogP contribution in [0.15, 0.2) is 30.5 Å². The average Bonchev–Trinajstić information content (AvgIpc) is 2.91. The third kappa shape index (κ3) is 2.84. The normalized spacial score (nSPS) is 21.6. The quantitative estimate of drug-likeness (QED) is 0.850. The lowest BCUT2D eigenvalue weighted by Gasteiger charge is -2.25. The topological polar surface area (TPSA) is 60.2 Å². The molecule has 4 nitrogen and oxygen atoms in total. The highest BCUT2D eigenvalue weighted by molar-refractivity contribution is 7.80. The molecule has 2 heterocycles. The second-order valence-electron chi connectivity index (χ2n) is 5.68. The van der Waals surface area contributed by atoms with E-state index in [0.29, 0.717) is 4.99 Å². The van der Waals surface area contributed by atoms with E-state index in [1.54, 1.807) is 6.20 Å². The van der Waals surface area contributed by atoms with Crippen molar-refractivity contribution in [1.82, 2.24) is 4.98 Å². The van der Waals surface area contributed by atoms with Crippen LogP contribution in [0, 0.1) is 0 Å². The van der Waals surface area contributed by atoms with E-state index >= 15 is 0 Å². The summed E-state index contributed by atoms with van der Waals surface area (Å²) < 4.78 is 5.83. The molecule has 0 spiro atoms. The van der Waals surface area contributed by atoms with Crippen LogP contribution in [0.5, 0.6) is 0 Å². The molecule has 0 bridgehead atoms. The Morgan fingerprint density at radius 1 is 1.48 bits per heavy atom. The molecule has 3 N–H and O–H groups in total. The van der Waals surface area contributed by atoms with E-state index < -0.39 is 0 Å². The molecular weight excluding hydrogens is 282 g/mol. The highest BCUT2D eigenvalue weighted by atomic mass is 32.1. The Hall–Kier alpha value is -1.72. The highest BCUT2D eigenvalue weighted by Gasteiger charge is 2.29. The number of nitrogens with one attached hydrogen (secondary N) is 1. The molecular formula is C16H19N3OS. The number of nitrogens with zero attached hydrogens (tertiary/aromatic N) is 1. The van der Waals surface area contributed by atoms with E-state index in [1.165, 1.54) is 0 Å². The Kier molecular flexibility index (Phi) is 3.78. The number of hydrogen-bond donors (Lipinski definition) is 2. The van der Waals surface area contributed by atoms with Gasteiger partial charge >= 0.3 is 0 Å². The van der Waals surface area contributed by atoms with Crippen LogP contribution < -0.4 is 11.1 Å². The van der Waals surface area contributed by atoms with Crippen molar-refractivity contribution in [3.05, 3.63) is 36.0 Å². The second-order valence-corrected chi connectivity index (χ2v) is 6.12. The zero-order chi connectivity index (χ0) is 14.9. The maximum absolute atomic E-state index is 5.84. The van der Waals surface area contributed by atoms with Gasteiger partial charge in [-0.1, -0.05) is 30.4 Å². The van der Waals surface area contributed by atoms with Crippen LogP contribution in [-0.2, 0) is 4.74 Å². The van der Waals surface area contributed by atoms with Crippen LogP contribution >= 0.6 is 12.2 Å². The lowest BCUT2D eigenvalue weighted by molar-refractivity contribution is 0.0315. The number of nitrogens with two attached hydrogens (primary N) is 1. The second kappa shape index (κ2) is 5.58. The smallest absolute Gasteiger partial charge is 0.107 e. The summed E-state index contributed by atoms with van der Waals surface area (Å²) >= 11 is 5.16. The van der Waals surface area contributed by atoms with Crippen LogP contribution in [0.25, 0.3) is 10.9 Å². The molecule has 3 rings (SSSR count). The summed E-state index contributed by atoms with van der Waals surface area (Å²) in [5.41, 5.74) is 8.38. The van der Waals surface area contributed by atoms with Gasteiger partial charge < -0.3 is 15.8 Å². The van der Waals surface area contributed by atoms with Crippen molar-refractivity contribution in [2.45, 2.75) is 25.4 Å². The molecule has 0 aliphatic carbocycles. The number of anilines is 1. The fraction of sp³-hybridized carbons (Fsp3) is 0.375. The third-order valence-electron chi connectivity index (χ3n) is 3.98. The number of fused-ring (bicyclic) bond motifs is 1. The number of para-hydroxylation sites is 1. The maximum atomic E-state index is 5.84. The van der Waals surface area contributed by atoms with E-state index in [1.807, 2.05) is 24.3 Å². The molecule has 1 aliphatic heterocycles. The average molecular weight is 301 g/mol. The van der Waals surface area contributed by atoms with Gasteiger partial charge in [0.2, 0.25) is 0 Å². The third-order valence-corrected chi connectivity index (χ3v) is 4.20. The number of aromatic nitrogens is 1. The molecule has 110 valence electrons. The summed E-state index contributed by atoms with van der Waals surface area (Å²) in [4.78, 5) is 4.78. The van der Waals surface area contributed by atoms with Gasteiger partial charge in [0.05, 0.1) is 22.4 Å². The van der Waals surface area contributed by atoms with Gasteiger partial charge in [0.1, 0.15) is 4.99 Å². The minimum Gasteiger partial charge on any atom is -0.389 e. The Morgan fingerprint density at radius 2 is 2.29 bits per heavy atom. The summed E-state index contributed by atoms with van der Waals surface area (Å²) in [6.45, 7) is 3.70. The number of hydrogen-bond acceptors (Lipinski definition) is 4. The number of ether oxygens (including phenoxy) is 1. The maximum Gasteiger partial charge on any atom is 0.107 e. The van der Waals surface area contributed by atoms with Crippen molar-refractivity contribution in [2.75, 3.05) is 18.5 Å². The lowest BCUT2D eigenvalue weighted by atomic mass is 10.0. The zero-order valence-corrected chi connectivity index (χ0v) is 12.9. The Bertz CT molecular complexity index is 680. The molecule has 1 aliphatic rings. The molecule has 0 saturated carbocycles. The minimum absolute atomic E-state index is 0.127. The first-order chi connectivity index (χ1) is 10.1. The molecule has 1 aromatic carbocycles. The zero-order valence-electron chi connectivity index (χ0n) is 12.1. The molecule has 2 aromatic rings. The summed E-state index contributed by atoms with van der Waals surface area (Å²) in [5.74, 6) is 0. The molecule has 1 saturated heterocycles. The van der Waals surface area contributed by atoms with Gasteiger partial charge in [-0.25, -0.2) is 0 Å². The molecule has 1 aromatic heterocycles. The van der Waals surface area contributed by atoms with Gasteiger partial charge in [-0.15, -0.1) is 0 Å². The first kappa shape index (κ1) is 14.2. The summed E-state index contributed by atoms with van der Waals surface area (Å²) in [6, 6.07) is 7.98. The van der Waals surface area contributed by atoms with Gasteiger partial charge in [0.15, 0.2) is 0 Å². The highest BCUT2D eigenvalue weighted by Crippen LogP contribution is 2.29. The molecule has 21 heavy (non-hydrogen) atoms. The van der Waals surface area contributed by atoms with E-state index in [9.17, 15) is 0 Å². The van der Waals surface area contributed by atoms with Crippen molar-refractivity contribution < 1.29 is 4.74 Å². The first-order valence-corrected chi connectivity index (χ1v) is 7.55. The molecule has 5 heteroatoms. The van der Waals surface area contributed by atoms with Crippen LogP contribution in [-0.4, -0.2) is 28.7 Å². The molecule has 1 unspecified atom stereocenters. The van der Waals surface area contributed by atoms with Gasteiger partial charge in [0.25, 0.3) is 0 Å². The van der Waals surface area contributed by atoms with Gasteiger partial charge in [-0.2, -0.15) is 0 Å². The SMILES string of the molecule is CC1(CNc2c(C(N)=S)cnc3ccccc23)CCCO1. The lowest BCUT2D eigenvalue weighted by Crippen LogP contribution is -2.33. The van der Waals surface area contributed by atoms with E-state index in [0.717, 1.165) is 48.1 Å². The van der Waals surface area contributed by atoms with Crippen molar-refractivity contribution in [2.24, 2.45) is 5.73 Å². The van der Waals surface area contributed by atoms with Crippen molar-refractivity contribution in [1.29, 1.82) is 0 Å². The van der Waals surface area contributed by atoms with Crippen molar-refractivity contribution >= 4 is 33.8 Å². The molecule has 1 fully saturated rings. The Labute approximate surface area is 129 Å². The van der Waals surface area contributed by atoms with E-state index in [2.05, 4.69) is 17.2 Å². The summed E-state index contributed by atoms with van der Waals surface area (Å²) in [6.07, 6.45) is 3.91. The van der Waals surface area contributed by atoms with Crippen molar-refractivity contribution in [3.63, 3.8) is 0 Å². The minimum atomic E-state index is -0.127. The van der Waals surface area contributed by atoms with E-state index in [-0.39, 0.29) is 5.60 Å². The van der Waals surface area contributed by atoms with Crippen LogP contribution in [0.3, 0.4) is 0 Å². The Morgan fingerprint density at radius 3 is 3.00 bits per heavy atom. The largest absolute Gasteiger partial charge is 0.389 e. The standard InChI is InChI=1S/C16H19N3OS/c1-16(7-4-8-20-16)10-19-14-11-5-2-3-6-13(11)18-9-12(14)15(17)21/h2-3,5-6,9H,4,7-8,10H2,1H3,(H2,17,21)(H,18,19). The van der Waals surface area contributed by atoms with Gasteiger partial charge in [-0.3, -0.25) is 4.98 Å². The fourth-order valence-electron chi connectivity index (χ4n) is 2.77. The number of thiocarbonyl (C=S) groups is 1.